The molecule has 4 nitrogen and oxygen atoms in total. The Hall–Kier alpha value is -7.99. The number of hydrogen-bond donors (Lipinski definition) is 0. The normalized spacial score (nSPS) is 11.5. The van der Waals surface area contributed by atoms with Gasteiger partial charge in [0.2, 0.25) is 0 Å². The van der Waals surface area contributed by atoms with E-state index in [1.165, 1.54) is 65.1 Å². The third-order valence-corrected chi connectivity index (χ3v) is 13.1. The number of thiophene rings is 1. The second kappa shape index (κ2) is 14.9. The SMILES string of the molecule is c1ccc(-c2ccc(-c3cccc(-n4c5ccccc5c5ccc6c7cccc(-c8nc(-c9ccccc9)nc(-c9ccc(-c%10ccccc%10)cc9)n8)c7sc6c54)c3)cc2)cc1. The third kappa shape index (κ3) is 6.18. The van der Waals surface area contributed by atoms with Crippen LogP contribution in [0.25, 0.3) is 115 Å². The lowest BCUT2D eigenvalue weighted by molar-refractivity contribution is 1.08. The Morgan fingerprint density at radius 2 is 0.758 bits per heavy atom. The Bertz CT molecular complexity index is 3590. The Balaban J connectivity index is 1.03. The van der Waals surface area contributed by atoms with Crippen molar-refractivity contribution in [1.82, 2.24) is 19.5 Å². The summed E-state index contributed by atoms with van der Waals surface area (Å²) < 4.78 is 4.83. The van der Waals surface area contributed by atoms with Crippen LogP contribution in [-0.2, 0) is 0 Å². The van der Waals surface area contributed by atoms with Gasteiger partial charge in [-0.3, -0.25) is 0 Å². The van der Waals surface area contributed by atoms with Crippen molar-refractivity contribution in [3.63, 3.8) is 0 Å². The Labute approximate surface area is 362 Å². The van der Waals surface area contributed by atoms with Crippen molar-refractivity contribution >= 4 is 53.3 Å². The lowest BCUT2D eigenvalue weighted by atomic mass is 10.00. The lowest BCUT2D eigenvalue weighted by Gasteiger charge is -2.11. The zero-order valence-corrected chi connectivity index (χ0v) is 34.3. The molecule has 0 bridgehead atoms. The van der Waals surface area contributed by atoms with E-state index in [2.05, 4.69) is 199 Å². The van der Waals surface area contributed by atoms with Crippen LogP contribution in [0, 0.1) is 0 Å². The molecule has 0 saturated carbocycles. The molecule has 0 spiro atoms. The summed E-state index contributed by atoms with van der Waals surface area (Å²) in [7, 11) is 0. The summed E-state index contributed by atoms with van der Waals surface area (Å²) in [5.74, 6) is 1.94. The minimum atomic E-state index is 0.642. The van der Waals surface area contributed by atoms with Crippen LogP contribution in [0.5, 0.6) is 0 Å². The van der Waals surface area contributed by atoms with E-state index < -0.39 is 0 Å². The minimum absolute atomic E-state index is 0.642. The number of hydrogen-bond acceptors (Lipinski definition) is 4. The zero-order chi connectivity index (χ0) is 41.0. The van der Waals surface area contributed by atoms with Crippen LogP contribution in [0.4, 0.5) is 0 Å². The molecule has 0 aliphatic rings. The van der Waals surface area contributed by atoms with E-state index in [0.29, 0.717) is 17.5 Å². The second-order valence-electron chi connectivity index (χ2n) is 15.6. The molecule has 0 aliphatic heterocycles. The van der Waals surface area contributed by atoms with Gasteiger partial charge < -0.3 is 4.57 Å². The van der Waals surface area contributed by atoms with Crippen molar-refractivity contribution in [3.05, 3.63) is 218 Å². The van der Waals surface area contributed by atoms with E-state index >= 15 is 0 Å². The van der Waals surface area contributed by atoms with Crippen LogP contribution in [0.2, 0.25) is 0 Å². The van der Waals surface area contributed by atoms with Gasteiger partial charge in [0.25, 0.3) is 0 Å². The molecule has 290 valence electrons. The van der Waals surface area contributed by atoms with Gasteiger partial charge in [-0.15, -0.1) is 11.3 Å². The van der Waals surface area contributed by atoms with Gasteiger partial charge in [0.1, 0.15) is 0 Å². The fourth-order valence-corrected chi connectivity index (χ4v) is 10.2. The minimum Gasteiger partial charge on any atom is -0.308 e. The molecule has 0 saturated heterocycles. The number of fused-ring (bicyclic) bond motifs is 7. The average Bonchev–Trinajstić information content (AvgIpc) is 3.91. The van der Waals surface area contributed by atoms with Crippen molar-refractivity contribution in [1.29, 1.82) is 0 Å². The van der Waals surface area contributed by atoms with Gasteiger partial charge >= 0.3 is 0 Å². The maximum Gasteiger partial charge on any atom is 0.165 e. The first-order valence-corrected chi connectivity index (χ1v) is 21.7. The molecular formula is C57H36N4S. The van der Waals surface area contributed by atoms with Crippen LogP contribution in [0.15, 0.2) is 218 Å². The number of nitrogens with zero attached hydrogens (tertiary/aromatic N) is 4. The Kier molecular flexibility index (Phi) is 8.65. The second-order valence-corrected chi connectivity index (χ2v) is 16.6. The molecule has 12 rings (SSSR count). The molecule has 0 atom stereocenters. The molecule has 0 fully saturated rings. The van der Waals surface area contributed by atoms with E-state index in [4.69, 9.17) is 15.0 Å². The maximum absolute atomic E-state index is 5.22. The molecule has 9 aromatic carbocycles. The van der Waals surface area contributed by atoms with Gasteiger partial charge in [0.15, 0.2) is 17.5 Å². The summed E-state index contributed by atoms with van der Waals surface area (Å²) in [6.07, 6.45) is 0. The summed E-state index contributed by atoms with van der Waals surface area (Å²) in [5, 5.41) is 4.85. The predicted octanol–water partition coefficient (Wildman–Crippen LogP) is 15.3. The molecule has 0 aliphatic carbocycles. The molecule has 3 heterocycles. The predicted molar refractivity (Wildman–Crippen MR) is 260 cm³/mol. The van der Waals surface area contributed by atoms with Crippen molar-refractivity contribution in [2.45, 2.75) is 0 Å². The van der Waals surface area contributed by atoms with Gasteiger partial charge in [-0.05, 0) is 57.6 Å². The average molecular weight is 809 g/mol. The Morgan fingerprint density at radius 3 is 1.42 bits per heavy atom. The summed E-state index contributed by atoms with van der Waals surface area (Å²) in [6.45, 7) is 0. The van der Waals surface area contributed by atoms with E-state index in [0.717, 1.165) is 32.6 Å². The Morgan fingerprint density at radius 1 is 0.306 bits per heavy atom. The van der Waals surface area contributed by atoms with E-state index in [-0.39, 0.29) is 0 Å². The molecule has 5 heteroatoms. The van der Waals surface area contributed by atoms with Crippen molar-refractivity contribution < 1.29 is 0 Å². The topological polar surface area (TPSA) is 43.6 Å². The molecule has 12 aromatic rings. The zero-order valence-electron chi connectivity index (χ0n) is 33.5. The van der Waals surface area contributed by atoms with E-state index in [1.807, 2.05) is 35.6 Å². The van der Waals surface area contributed by atoms with E-state index in [1.54, 1.807) is 0 Å². The monoisotopic (exact) mass is 808 g/mol. The number of benzene rings is 9. The van der Waals surface area contributed by atoms with Gasteiger partial charge in [0, 0.05) is 48.6 Å². The molecule has 0 unspecified atom stereocenters. The smallest absolute Gasteiger partial charge is 0.165 e. The molecule has 0 amide bonds. The van der Waals surface area contributed by atoms with Gasteiger partial charge in [0.05, 0.1) is 15.7 Å². The highest BCUT2D eigenvalue weighted by Crippen LogP contribution is 2.46. The van der Waals surface area contributed by atoms with Crippen molar-refractivity contribution in [2.75, 3.05) is 0 Å². The molecule has 3 aromatic heterocycles. The number of rotatable bonds is 7. The summed E-state index contributed by atoms with van der Waals surface area (Å²) in [4.78, 5) is 15.5. The first-order valence-electron chi connectivity index (χ1n) is 20.8. The van der Waals surface area contributed by atoms with Crippen molar-refractivity contribution in [2.24, 2.45) is 0 Å². The molecule has 0 radical (unpaired) electrons. The first kappa shape index (κ1) is 35.9. The number of aromatic nitrogens is 4. The van der Waals surface area contributed by atoms with Crippen LogP contribution < -0.4 is 0 Å². The fourth-order valence-electron chi connectivity index (χ4n) is 8.84. The highest BCUT2D eigenvalue weighted by atomic mass is 32.1. The van der Waals surface area contributed by atoms with Gasteiger partial charge in [-0.25, -0.2) is 15.0 Å². The van der Waals surface area contributed by atoms with E-state index in [9.17, 15) is 0 Å². The summed E-state index contributed by atoms with van der Waals surface area (Å²) in [6, 6.07) is 77.4. The lowest BCUT2D eigenvalue weighted by Crippen LogP contribution is -2.00. The van der Waals surface area contributed by atoms with Gasteiger partial charge in [-0.2, -0.15) is 0 Å². The fraction of sp³-hybridized carbons (Fsp3) is 0. The standard InChI is InChI=1S/C57H36N4S/c1-4-14-37(15-5-1)39-26-28-41(29-27-39)44-20-12-21-45(36-44)61-51-25-11-10-22-46(51)47-34-35-49-48-23-13-24-50(53(48)62-54(49)52(47)61)57-59-55(42-18-8-3-9-19-42)58-56(60-57)43-32-30-40(31-33-43)38-16-6-2-7-17-38/h1-36H. The van der Waals surface area contributed by atoms with Crippen molar-refractivity contribution in [3.8, 4) is 73.2 Å². The highest BCUT2D eigenvalue weighted by Gasteiger charge is 2.21. The third-order valence-electron chi connectivity index (χ3n) is 11.9. The largest absolute Gasteiger partial charge is 0.308 e. The molecule has 62 heavy (non-hydrogen) atoms. The molecule has 0 N–H and O–H groups in total. The van der Waals surface area contributed by atoms with Crippen LogP contribution >= 0.6 is 11.3 Å². The van der Waals surface area contributed by atoms with Crippen LogP contribution in [0.3, 0.4) is 0 Å². The first-order chi connectivity index (χ1) is 30.7. The van der Waals surface area contributed by atoms with Crippen LogP contribution in [-0.4, -0.2) is 19.5 Å². The number of para-hydroxylation sites is 1. The van der Waals surface area contributed by atoms with Gasteiger partial charge in [-0.1, -0.05) is 194 Å². The maximum atomic E-state index is 5.22. The summed E-state index contributed by atoms with van der Waals surface area (Å²) in [5.41, 5.74) is 13.5. The summed E-state index contributed by atoms with van der Waals surface area (Å²) >= 11 is 1.82. The van der Waals surface area contributed by atoms with Crippen LogP contribution in [0.1, 0.15) is 0 Å². The highest BCUT2D eigenvalue weighted by molar-refractivity contribution is 7.27. The quantitative estimate of drug-likeness (QED) is 0.161. The molecular weight excluding hydrogens is 773 g/mol.